The van der Waals surface area contributed by atoms with E-state index in [1.54, 1.807) is 17.1 Å². The van der Waals surface area contributed by atoms with Crippen molar-refractivity contribution in [1.29, 1.82) is 0 Å². The highest BCUT2D eigenvalue weighted by molar-refractivity contribution is 5.91. The normalized spacial score (nSPS) is 36.5. The molecule has 0 N–H and O–H groups in total. The number of hydrogen-bond donors (Lipinski definition) is 0. The number of hydrogen-bond acceptors (Lipinski definition) is 4. The van der Waals surface area contributed by atoms with Gasteiger partial charge in [0.1, 0.15) is 5.60 Å². The van der Waals surface area contributed by atoms with E-state index in [-0.39, 0.29) is 18.0 Å². The van der Waals surface area contributed by atoms with Crippen LogP contribution in [0.3, 0.4) is 0 Å². The number of likely N-dealkylation sites (tertiary alicyclic amines) is 1. The van der Waals surface area contributed by atoms with Crippen LogP contribution in [0.1, 0.15) is 24.9 Å². The topological polar surface area (TPSA) is 69.7 Å². The molecule has 5 heteroatoms. The lowest BCUT2D eigenvalue weighted by atomic mass is 9.74. The third-order valence-corrected chi connectivity index (χ3v) is 5.82. The maximum atomic E-state index is 13.3. The Labute approximate surface area is 146 Å². The van der Waals surface area contributed by atoms with Crippen molar-refractivity contribution < 1.29 is 19.4 Å². The predicted molar refractivity (Wildman–Crippen MR) is 89.0 cm³/mol. The zero-order valence-electron chi connectivity index (χ0n) is 14.0. The van der Waals surface area contributed by atoms with E-state index in [2.05, 4.69) is 6.58 Å². The van der Waals surface area contributed by atoms with Crippen molar-refractivity contribution >= 4 is 11.9 Å². The number of nitrogens with zero attached hydrogens (tertiary/aromatic N) is 1. The Hall–Kier alpha value is -2.40. The minimum Gasteiger partial charge on any atom is -0.550 e. The van der Waals surface area contributed by atoms with Crippen molar-refractivity contribution in [2.24, 2.45) is 11.8 Å². The van der Waals surface area contributed by atoms with Crippen LogP contribution in [-0.4, -0.2) is 34.5 Å². The predicted octanol–water partition coefficient (Wildman–Crippen LogP) is 1.22. The quantitative estimate of drug-likeness (QED) is 0.757. The SMILES string of the molecule is C=CC[C@H]1N([C@@H](C)c2ccccc2)C(=O)[C@@H]2[C@@H](C(=O)[O-])[C@H]3C=C[C@]21O3. The third-order valence-electron chi connectivity index (χ3n) is 5.82. The van der Waals surface area contributed by atoms with Gasteiger partial charge in [-0.2, -0.15) is 0 Å². The zero-order chi connectivity index (χ0) is 17.8. The van der Waals surface area contributed by atoms with Crippen molar-refractivity contribution in [2.75, 3.05) is 0 Å². The molecule has 5 nitrogen and oxygen atoms in total. The van der Waals surface area contributed by atoms with E-state index >= 15 is 0 Å². The molecule has 1 amide bonds. The molecule has 6 atom stereocenters. The molecule has 0 saturated carbocycles. The summed E-state index contributed by atoms with van der Waals surface area (Å²) in [4.78, 5) is 26.7. The molecular weight excluding hydrogens is 318 g/mol. The molecule has 130 valence electrons. The van der Waals surface area contributed by atoms with Crippen LogP contribution in [0.2, 0.25) is 0 Å². The van der Waals surface area contributed by atoms with E-state index in [1.807, 2.05) is 43.3 Å². The molecule has 0 aromatic heterocycles. The first-order valence-corrected chi connectivity index (χ1v) is 8.57. The second-order valence-corrected chi connectivity index (χ2v) is 6.99. The summed E-state index contributed by atoms with van der Waals surface area (Å²) in [5, 5.41) is 11.7. The fourth-order valence-electron chi connectivity index (χ4n) is 4.75. The molecule has 2 saturated heterocycles. The molecule has 1 spiro atoms. The Kier molecular flexibility index (Phi) is 3.58. The molecule has 25 heavy (non-hydrogen) atoms. The van der Waals surface area contributed by atoms with Crippen LogP contribution in [0, 0.1) is 11.8 Å². The van der Waals surface area contributed by atoms with Crippen molar-refractivity contribution in [2.45, 2.75) is 37.1 Å². The van der Waals surface area contributed by atoms with Crippen LogP contribution in [0.15, 0.2) is 55.1 Å². The Bertz CT molecular complexity index is 758. The standard InChI is InChI=1S/C20H21NO4/c1-3-7-15-20-11-10-14(25-20)16(19(23)24)17(20)18(22)21(15)12(2)13-8-5-4-6-9-13/h3-6,8-12,14-17H,1,7H2,2H3,(H,23,24)/p-1/t12-,14+,15+,16-,17-,20+/m0/s1. The Morgan fingerprint density at radius 3 is 2.80 bits per heavy atom. The summed E-state index contributed by atoms with van der Waals surface area (Å²) in [6.45, 7) is 5.78. The highest BCUT2D eigenvalue weighted by Crippen LogP contribution is 2.57. The van der Waals surface area contributed by atoms with Crippen LogP contribution in [0.5, 0.6) is 0 Å². The van der Waals surface area contributed by atoms with Gasteiger partial charge in [-0.3, -0.25) is 4.79 Å². The van der Waals surface area contributed by atoms with Gasteiger partial charge in [-0.1, -0.05) is 48.6 Å². The van der Waals surface area contributed by atoms with Crippen LogP contribution in [0.25, 0.3) is 0 Å². The van der Waals surface area contributed by atoms with Gasteiger partial charge in [-0.25, -0.2) is 0 Å². The number of ether oxygens (including phenoxy) is 1. The highest BCUT2D eigenvalue weighted by Gasteiger charge is 2.69. The first-order chi connectivity index (χ1) is 12.0. The monoisotopic (exact) mass is 338 g/mol. The Morgan fingerprint density at radius 1 is 1.44 bits per heavy atom. The van der Waals surface area contributed by atoms with Gasteiger partial charge >= 0.3 is 0 Å². The van der Waals surface area contributed by atoms with E-state index < -0.39 is 29.5 Å². The van der Waals surface area contributed by atoms with E-state index in [0.717, 1.165) is 5.56 Å². The van der Waals surface area contributed by atoms with E-state index in [0.29, 0.717) is 6.42 Å². The number of fused-ring (bicyclic) bond motifs is 1. The average molecular weight is 338 g/mol. The third kappa shape index (κ3) is 2.05. The highest BCUT2D eigenvalue weighted by atomic mass is 16.5. The maximum absolute atomic E-state index is 13.3. The van der Waals surface area contributed by atoms with Gasteiger partial charge < -0.3 is 19.5 Å². The molecule has 4 rings (SSSR count). The molecule has 3 aliphatic heterocycles. The lowest BCUT2D eigenvalue weighted by Gasteiger charge is -2.36. The first kappa shape index (κ1) is 16.1. The van der Waals surface area contributed by atoms with Crippen molar-refractivity contribution in [3.8, 4) is 0 Å². The lowest BCUT2D eigenvalue weighted by molar-refractivity contribution is -0.313. The summed E-state index contributed by atoms with van der Waals surface area (Å²) in [5.74, 6) is -3.06. The minimum atomic E-state index is -1.22. The van der Waals surface area contributed by atoms with Gasteiger partial charge in [0.2, 0.25) is 5.91 Å². The number of carbonyl (C=O) groups is 2. The number of carboxylic acid groups (broad SMARTS) is 1. The van der Waals surface area contributed by atoms with E-state index in [9.17, 15) is 14.7 Å². The first-order valence-electron chi connectivity index (χ1n) is 8.57. The number of carboxylic acids is 1. The Balaban J connectivity index is 1.78. The van der Waals surface area contributed by atoms with Gasteiger partial charge in [0, 0.05) is 11.9 Å². The molecule has 0 unspecified atom stereocenters. The van der Waals surface area contributed by atoms with Crippen molar-refractivity contribution in [1.82, 2.24) is 4.90 Å². The smallest absolute Gasteiger partial charge is 0.230 e. The van der Waals surface area contributed by atoms with Gasteiger partial charge in [-0.15, -0.1) is 6.58 Å². The molecular formula is C20H20NO4-. The second-order valence-electron chi connectivity index (χ2n) is 6.99. The molecule has 2 fully saturated rings. The fraction of sp³-hybridized carbons (Fsp3) is 0.400. The van der Waals surface area contributed by atoms with Gasteiger partial charge in [0.25, 0.3) is 0 Å². The molecule has 0 radical (unpaired) electrons. The van der Waals surface area contributed by atoms with Crippen LogP contribution in [0.4, 0.5) is 0 Å². The van der Waals surface area contributed by atoms with Crippen molar-refractivity contribution in [3.63, 3.8) is 0 Å². The maximum Gasteiger partial charge on any atom is 0.230 e. The molecule has 1 aromatic carbocycles. The van der Waals surface area contributed by atoms with Gasteiger partial charge in [0.05, 0.1) is 24.1 Å². The van der Waals surface area contributed by atoms with E-state index in [4.69, 9.17) is 4.74 Å². The van der Waals surface area contributed by atoms with Crippen LogP contribution >= 0.6 is 0 Å². The van der Waals surface area contributed by atoms with E-state index in [1.165, 1.54) is 0 Å². The van der Waals surface area contributed by atoms with Crippen LogP contribution in [-0.2, 0) is 14.3 Å². The largest absolute Gasteiger partial charge is 0.550 e. The molecule has 3 aliphatic rings. The number of carbonyl (C=O) groups excluding carboxylic acids is 2. The second kappa shape index (κ2) is 5.56. The molecule has 2 bridgehead atoms. The average Bonchev–Trinajstić information content (AvgIpc) is 3.24. The number of aliphatic carboxylic acids is 1. The Morgan fingerprint density at radius 2 is 2.16 bits per heavy atom. The van der Waals surface area contributed by atoms with Gasteiger partial charge in [-0.05, 0) is 18.9 Å². The molecule has 1 aromatic rings. The summed E-state index contributed by atoms with van der Waals surface area (Å²) in [6.07, 6.45) is 5.36. The number of rotatable bonds is 5. The summed E-state index contributed by atoms with van der Waals surface area (Å²) >= 11 is 0. The van der Waals surface area contributed by atoms with Crippen molar-refractivity contribution in [3.05, 3.63) is 60.7 Å². The molecule has 3 heterocycles. The summed E-state index contributed by atoms with van der Waals surface area (Å²) in [5.41, 5.74) is 0.105. The summed E-state index contributed by atoms with van der Waals surface area (Å²) in [6, 6.07) is 9.27. The van der Waals surface area contributed by atoms with Crippen LogP contribution < -0.4 is 5.11 Å². The molecule has 0 aliphatic carbocycles. The van der Waals surface area contributed by atoms with Gasteiger partial charge in [0.15, 0.2) is 0 Å². The lowest BCUT2D eigenvalue weighted by Crippen LogP contribution is -2.46. The summed E-state index contributed by atoms with van der Waals surface area (Å²) in [7, 11) is 0. The number of benzene rings is 1. The summed E-state index contributed by atoms with van der Waals surface area (Å²) < 4.78 is 6.07. The number of amides is 1. The minimum absolute atomic E-state index is 0.177. The zero-order valence-corrected chi connectivity index (χ0v) is 14.0. The fourth-order valence-corrected chi connectivity index (χ4v) is 4.75.